The van der Waals surface area contributed by atoms with Crippen molar-refractivity contribution in [2.45, 2.75) is 32.1 Å². The van der Waals surface area contributed by atoms with E-state index in [1.807, 2.05) is 30.3 Å². The molecule has 1 aliphatic carbocycles. The first kappa shape index (κ1) is 12.9. The summed E-state index contributed by atoms with van der Waals surface area (Å²) >= 11 is 0. The minimum absolute atomic E-state index is 0.0361. The Kier molecular flexibility index (Phi) is 3.81. The molecule has 0 amide bonds. The number of aromatic amines is 1. The Balaban J connectivity index is 1.66. The number of esters is 1. The Morgan fingerprint density at radius 1 is 1.15 bits per heavy atom. The van der Waals surface area contributed by atoms with Gasteiger partial charge in [-0.3, -0.25) is 4.79 Å². The fourth-order valence-electron chi connectivity index (χ4n) is 2.63. The molecule has 0 aliphatic heterocycles. The van der Waals surface area contributed by atoms with Gasteiger partial charge in [0.15, 0.2) is 0 Å². The van der Waals surface area contributed by atoms with E-state index in [4.69, 9.17) is 4.74 Å². The minimum atomic E-state index is -0.154. The maximum atomic E-state index is 12.0. The van der Waals surface area contributed by atoms with Crippen molar-refractivity contribution in [3.63, 3.8) is 0 Å². The normalized spacial score (nSPS) is 16.0. The zero-order chi connectivity index (χ0) is 13.8. The van der Waals surface area contributed by atoms with E-state index in [2.05, 4.69) is 9.97 Å². The van der Waals surface area contributed by atoms with Gasteiger partial charge in [-0.1, -0.05) is 49.6 Å². The molecule has 104 valence electrons. The van der Waals surface area contributed by atoms with E-state index in [9.17, 15) is 4.79 Å². The molecule has 20 heavy (non-hydrogen) atoms. The summed E-state index contributed by atoms with van der Waals surface area (Å²) in [7, 11) is 0. The van der Waals surface area contributed by atoms with Crippen LogP contribution in [0.4, 0.5) is 0 Å². The van der Waals surface area contributed by atoms with E-state index in [0.29, 0.717) is 6.01 Å². The third-order valence-corrected chi connectivity index (χ3v) is 3.76. The molecule has 0 saturated heterocycles. The molecule has 1 aliphatic rings. The van der Waals surface area contributed by atoms with E-state index in [0.717, 1.165) is 36.9 Å². The molecule has 0 bridgehead atoms. The second-order valence-corrected chi connectivity index (χ2v) is 5.21. The molecule has 2 aromatic rings. The summed E-state index contributed by atoms with van der Waals surface area (Å²) in [6.07, 6.45) is 7.10. The third-order valence-electron chi connectivity index (χ3n) is 3.76. The Labute approximate surface area is 118 Å². The number of imidazole rings is 1. The first-order valence-corrected chi connectivity index (χ1v) is 7.15. The molecule has 0 spiro atoms. The highest BCUT2D eigenvalue weighted by Crippen LogP contribution is 2.25. The van der Waals surface area contributed by atoms with Crippen LogP contribution in [0, 0.1) is 5.92 Å². The van der Waals surface area contributed by atoms with Crippen LogP contribution in [-0.2, 0) is 4.79 Å². The Morgan fingerprint density at radius 3 is 2.65 bits per heavy atom. The number of aromatic nitrogens is 2. The summed E-state index contributed by atoms with van der Waals surface area (Å²) in [5.41, 5.74) is 1.79. The van der Waals surface area contributed by atoms with Gasteiger partial charge in [0.1, 0.15) is 0 Å². The first-order chi connectivity index (χ1) is 9.83. The number of nitrogens with one attached hydrogen (secondary N) is 1. The van der Waals surface area contributed by atoms with Crippen molar-refractivity contribution in [1.82, 2.24) is 9.97 Å². The van der Waals surface area contributed by atoms with E-state index < -0.39 is 0 Å². The van der Waals surface area contributed by atoms with E-state index >= 15 is 0 Å². The standard InChI is InChI=1S/C16H18N2O2/c19-15(13-9-5-2-6-10-13)20-16-17-11-14(18-16)12-7-3-1-4-8-12/h1,3-4,7-8,11,13H,2,5-6,9-10H2,(H,17,18). The average molecular weight is 270 g/mol. The Morgan fingerprint density at radius 2 is 1.90 bits per heavy atom. The third kappa shape index (κ3) is 2.90. The van der Waals surface area contributed by atoms with Crippen molar-refractivity contribution >= 4 is 5.97 Å². The minimum Gasteiger partial charge on any atom is -0.392 e. The quantitative estimate of drug-likeness (QED) is 0.867. The van der Waals surface area contributed by atoms with Gasteiger partial charge in [0.05, 0.1) is 11.6 Å². The van der Waals surface area contributed by atoms with Crippen molar-refractivity contribution in [2.24, 2.45) is 5.92 Å². The van der Waals surface area contributed by atoms with Crippen LogP contribution in [0.5, 0.6) is 6.01 Å². The maximum Gasteiger partial charge on any atom is 0.316 e. The van der Waals surface area contributed by atoms with Crippen LogP contribution in [-0.4, -0.2) is 15.9 Å². The monoisotopic (exact) mass is 270 g/mol. The number of ether oxygens (including phenoxy) is 1. The van der Waals surface area contributed by atoms with Crippen molar-refractivity contribution in [3.05, 3.63) is 36.5 Å². The lowest BCUT2D eigenvalue weighted by Crippen LogP contribution is -2.23. The summed E-state index contributed by atoms with van der Waals surface area (Å²) < 4.78 is 5.35. The zero-order valence-corrected chi connectivity index (χ0v) is 11.3. The summed E-state index contributed by atoms with van der Waals surface area (Å²) in [4.78, 5) is 19.3. The second-order valence-electron chi connectivity index (χ2n) is 5.21. The number of carbonyl (C=O) groups excluding carboxylic acids is 1. The number of nitrogens with zero attached hydrogens (tertiary/aromatic N) is 1. The number of benzene rings is 1. The van der Waals surface area contributed by atoms with Gasteiger partial charge in [-0.15, -0.1) is 0 Å². The van der Waals surface area contributed by atoms with Crippen LogP contribution in [0.25, 0.3) is 11.3 Å². The first-order valence-electron chi connectivity index (χ1n) is 7.15. The van der Waals surface area contributed by atoms with Crippen molar-refractivity contribution in [1.29, 1.82) is 0 Å². The lowest BCUT2D eigenvalue weighted by atomic mass is 9.89. The van der Waals surface area contributed by atoms with Crippen molar-refractivity contribution < 1.29 is 9.53 Å². The molecular weight excluding hydrogens is 252 g/mol. The Hall–Kier alpha value is -2.10. The fraction of sp³-hybridized carbons (Fsp3) is 0.375. The van der Waals surface area contributed by atoms with Gasteiger partial charge in [0.25, 0.3) is 0 Å². The summed E-state index contributed by atoms with van der Waals surface area (Å²) in [5.74, 6) is -0.118. The van der Waals surface area contributed by atoms with Crippen LogP contribution < -0.4 is 4.74 Å². The summed E-state index contributed by atoms with van der Waals surface area (Å²) in [5, 5.41) is 0. The largest absolute Gasteiger partial charge is 0.392 e. The van der Waals surface area contributed by atoms with Gasteiger partial charge in [0.2, 0.25) is 0 Å². The molecule has 4 nitrogen and oxygen atoms in total. The lowest BCUT2D eigenvalue weighted by molar-refractivity contribution is -0.140. The molecule has 1 N–H and O–H groups in total. The van der Waals surface area contributed by atoms with Gasteiger partial charge < -0.3 is 9.72 Å². The van der Waals surface area contributed by atoms with Crippen LogP contribution in [0.15, 0.2) is 36.5 Å². The van der Waals surface area contributed by atoms with Crippen LogP contribution in [0.3, 0.4) is 0 Å². The number of H-pyrrole nitrogens is 1. The number of hydrogen-bond acceptors (Lipinski definition) is 3. The highest BCUT2D eigenvalue weighted by molar-refractivity contribution is 5.74. The number of rotatable bonds is 3. The van der Waals surface area contributed by atoms with Gasteiger partial charge >= 0.3 is 12.0 Å². The molecule has 1 fully saturated rings. The summed E-state index contributed by atoms with van der Waals surface area (Å²) in [6, 6.07) is 10.1. The number of hydrogen-bond donors (Lipinski definition) is 1. The highest BCUT2D eigenvalue weighted by atomic mass is 16.5. The Bertz CT molecular complexity index is 571. The predicted molar refractivity (Wildman–Crippen MR) is 76.2 cm³/mol. The molecule has 0 atom stereocenters. The smallest absolute Gasteiger partial charge is 0.316 e. The van der Waals surface area contributed by atoms with E-state index in [-0.39, 0.29) is 11.9 Å². The topological polar surface area (TPSA) is 55.0 Å². The van der Waals surface area contributed by atoms with E-state index in [1.54, 1.807) is 6.20 Å². The molecule has 0 unspecified atom stereocenters. The molecule has 0 radical (unpaired) electrons. The summed E-state index contributed by atoms with van der Waals surface area (Å²) in [6.45, 7) is 0. The SMILES string of the molecule is O=C(Oc1nc(-c2ccccc2)c[nH]1)C1CCCCC1. The van der Waals surface area contributed by atoms with Gasteiger partial charge in [-0.25, -0.2) is 0 Å². The highest BCUT2D eigenvalue weighted by Gasteiger charge is 2.23. The average Bonchev–Trinajstić information content (AvgIpc) is 2.97. The van der Waals surface area contributed by atoms with Gasteiger partial charge in [0, 0.05) is 11.8 Å². The zero-order valence-electron chi connectivity index (χ0n) is 11.3. The molecule has 4 heteroatoms. The van der Waals surface area contributed by atoms with Crippen LogP contribution >= 0.6 is 0 Å². The molecule has 1 aromatic carbocycles. The fourth-order valence-corrected chi connectivity index (χ4v) is 2.63. The molecule has 1 heterocycles. The van der Waals surface area contributed by atoms with Gasteiger partial charge in [-0.05, 0) is 12.8 Å². The predicted octanol–water partition coefficient (Wildman–Crippen LogP) is 3.56. The number of carbonyl (C=O) groups is 1. The van der Waals surface area contributed by atoms with E-state index in [1.165, 1.54) is 6.42 Å². The maximum absolute atomic E-state index is 12.0. The van der Waals surface area contributed by atoms with Crippen LogP contribution in [0.2, 0.25) is 0 Å². The molecule has 1 aromatic heterocycles. The second kappa shape index (κ2) is 5.90. The lowest BCUT2D eigenvalue weighted by Gasteiger charge is -2.18. The van der Waals surface area contributed by atoms with Crippen molar-refractivity contribution in [2.75, 3.05) is 0 Å². The molecule has 1 saturated carbocycles. The van der Waals surface area contributed by atoms with Gasteiger partial charge in [-0.2, -0.15) is 4.98 Å². The van der Waals surface area contributed by atoms with Crippen LogP contribution in [0.1, 0.15) is 32.1 Å². The molecule has 3 rings (SSSR count). The molecular formula is C16H18N2O2. The van der Waals surface area contributed by atoms with Crippen molar-refractivity contribution in [3.8, 4) is 17.3 Å².